The number of amides is 1. The van der Waals surface area contributed by atoms with Gasteiger partial charge in [0.1, 0.15) is 11.6 Å². The number of carbonyl (C=O) groups is 1. The molecule has 0 bridgehead atoms. The predicted octanol–water partition coefficient (Wildman–Crippen LogP) is 3.44. The van der Waals surface area contributed by atoms with Crippen molar-refractivity contribution in [2.45, 2.75) is 12.8 Å². The number of likely N-dealkylation sites (tertiary alicyclic amines) is 1. The number of benzene rings is 1. The molecular formula is C20H18FN3O2. The second kappa shape index (κ2) is 7.07. The van der Waals surface area contributed by atoms with Crippen molar-refractivity contribution in [1.82, 2.24) is 14.9 Å². The predicted molar refractivity (Wildman–Crippen MR) is 96.2 cm³/mol. The van der Waals surface area contributed by atoms with E-state index in [1.54, 1.807) is 36.7 Å². The number of halogens is 1. The molecule has 0 unspecified atom stereocenters. The van der Waals surface area contributed by atoms with Crippen molar-refractivity contribution in [1.29, 1.82) is 0 Å². The zero-order valence-electron chi connectivity index (χ0n) is 14.2. The largest absolute Gasteiger partial charge is 0.483 e. The quantitative estimate of drug-likeness (QED) is 0.723. The summed E-state index contributed by atoms with van der Waals surface area (Å²) in [5.41, 5.74) is 2.15. The SMILES string of the molecule is O=C(COc1cc(-c2ccc(F)cc2)nc2ccncc12)N1CCCC1. The van der Waals surface area contributed by atoms with Crippen molar-refractivity contribution < 1.29 is 13.9 Å². The van der Waals surface area contributed by atoms with Crippen molar-refractivity contribution in [2.24, 2.45) is 0 Å². The molecule has 2 aromatic heterocycles. The summed E-state index contributed by atoms with van der Waals surface area (Å²) in [6.07, 6.45) is 5.42. The van der Waals surface area contributed by atoms with Crippen LogP contribution in [0.15, 0.2) is 48.8 Å². The maximum Gasteiger partial charge on any atom is 0.260 e. The van der Waals surface area contributed by atoms with Crippen LogP contribution in [0, 0.1) is 5.82 Å². The van der Waals surface area contributed by atoms with Gasteiger partial charge in [0.05, 0.1) is 16.6 Å². The number of ether oxygens (including phenoxy) is 1. The molecule has 26 heavy (non-hydrogen) atoms. The van der Waals surface area contributed by atoms with Crippen LogP contribution >= 0.6 is 0 Å². The lowest BCUT2D eigenvalue weighted by atomic mass is 10.1. The van der Waals surface area contributed by atoms with E-state index in [1.807, 2.05) is 4.90 Å². The maximum absolute atomic E-state index is 13.2. The van der Waals surface area contributed by atoms with E-state index >= 15 is 0 Å². The van der Waals surface area contributed by atoms with Crippen LogP contribution < -0.4 is 4.74 Å². The zero-order valence-corrected chi connectivity index (χ0v) is 14.2. The Balaban J connectivity index is 1.65. The number of rotatable bonds is 4. The van der Waals surface area contributed by atoms with Crippen molar-refractivity contribution in [3.63, 3.8) is 0 Å². The molecule has 1 saturated heterocycles. The van der Waals surface area contributed by atoms with Crippen LogP contribution in [0.4, 0.5) is 4.39 Å². The Morgan fingerprint density at radius 1 is 1.15 bits per heavy atom. The third-order valence-corrected chi connectivity index (χ3v) is 4.52. The van der Waals surface area contributed by atoms with Crippen molar-refractivity contribution in [3.05, 3.63) is 54.6 Å². The summed E-state index contributed by atoms with van der Waals surface area (Å²) >= 11 is 0. The summed E-state index contributed by atoms with van der Waals surface area (Å²) in [5.74, 6) is 0.237. The molecule has 1 fully saturated rings. The number of pyridine rings is 2. The van der Waals surface area contributed by atoms with Crippen LogP contribution in [0.25, 0.3) is 22.2 Å². The lowest BCUT2D eigenvalue weighted by molar-refractivity contribution is -0.132. The number of fused-ring (bicyclic) bond motifs is 1. The average molecular weight is 351 g/mol. The molecule has 132 valence electrons. The topological polar surface area (TPSA) is 55.3 Å². The van der Waals surface area contributed by atoms with E-state index in [0.717, 1.165) is 36.9 Å². The third-order valence-electron chi connectivity index (χ3n) is 4.52. The molecule has 5 nitrogen and oxygen atoms in total. The second-order valence-electron chi connectivity index (χ2n) is 6.28. The van der Waals surface area contributed by atoms with Gasteiger partial charge in [0, 0.05) is 37.1 Å². The van der Waals surface area contributed by atoms with Crippen LogP contribution in [0.1, 0.15) is 12.8 Å². The van der Waals surface area contributed by atoms with E-state index in [9.17, 15) is 9.18 Å². The summed E-state index contributed by atoms with van der Waals surface area (Å²) in [4.78, 5) is 22.8. The van der Waals surface area contributed by atoms with Crippen molar-refractivity contribution in [3.8, 4) is 17.0 Å². The van der Waals surface area contributed by atoms with Gasteiger partial charge < -0.3 is 9.64 Å². The molecule has 4 rings (SSSR count). The lowest BCUT2D eigenvalue weighted by Crippen LogP contribution is -2.32. The van der Waals surface area contributed by atoms with Gasteiger partial charge in [-0.15, -0.1) is 0 Å². The number of hydrogen-bond donors (Lipinski definition) is 0. The Kier molecular flexibility index (Phi) is 4.48. The molecule has 1 aromatic carbocycles. The van der Waals surface area contributed by atoms with Gasteiger partial charge in [-0.3, -0.25) is 9.78 Å². The van der Waals surface area contributed by atoms with Crippen LogP contribution in [0.2, 0.25) is 0 Å². The van der Waals surface area contributed by atoms with E-state index in [0.29, 0.717) is 17.0 Å². The minimum atomic E-state index is -0.300. The molecular weight excluding hydrogens is 333 g/mol. The van der Waals surface area contributed by atoms with E-state index in [1.165, 1.54) is 12.1 Å². The van der Waals surface area contributed by atoms with E-state index in [4.69, 9.17) is 4.74 Å². The molecule has 0 atom stereocenters. The van der Waals surface area contributed by atoms with Gasteiger partial charge in [-0.2, -0.15) is 0 Å². The fraction of sp³-hybridized carbons (Fsp3) is 0.250. The molecule has 3 heterocycles. The standard InChI is InChI=1S/C20H18FN3O2/c21-15-5-3-14(4-6-15)18-11-19(16-12-22-8-7-17(16)23-18)26-13-20(25)24-9-1-2-10-24/h3-8,11-12H,1-2,9-10,13H2. The normalized spacial score (nSPS) is 14.0. The van der Waals surface area contributed by atoms with Crippen LogP contribution in [-0.4, -0.2) is 40.5 Å². The fourth-order valence-corrected chi connectivity index (χ4v) is 3.12. The highest BCUT2D eigenvalue weighted by atomic mass is 19.1. The molecule has 3 aromatic rings. The van der Waals surface area contributed by atoms with Gasteiger partial charge in [0.25, 0.3) is 5.91 Å². The summed E-state index contributed by atoms with van der Waals surface area (Å²) in [7, 11) is 0. The highest BCUT2D eigenvalue weighted by Gasteiger charge is 2.19. The van der Waals surface area contributed by atoms with Crippen molar-refractivity contribution >= 4 is 16.8 Å². The molecule has 0 N–H and O–H groups in total. The Morgan fingerprint density at radius 3 is 2.69 bits per heavy atom. The Morgan fingerprint density at radius 2 is 1.92 bits per heavy atom. The van der Waals surface area contributed by atoms with Gasteiger partial charge in [-0.25, -0.2) is 9.37 Å². The summed E-state index contributed by atoms with van der Waals surface area (Å²) in [6.45, 7) is 1.57. The van der Waals surface area contributed by atoms with E-state index in [-0.39, 0.29) is 18.3 Å². The molecule has 1 amide bonds. The first-order valence-corrected chi connectivity index (χ1v) is 8.62. The lowest BCUT2D eigenvalue weighted by Gasteiger charge is -2.16. The molecule has 6 heteroatoms. The molecule has 1 aliphatic heterocycles. The summed E-state index contributed by atoms with van der Waals surface area (Å²) in [6, 6.07) is 9.69. The summed E-state index contributed by atoms with van der Waals surface area (Å²) < 4.78 is 19.0. The highest BCUT2D eigenvalue weighted by Crippen LogP contribution is 2.29. The van der Waals surface area contributed by atoms with Gasteiger partial charge in [-0.05, 0) is 43.2 Å². The van der Waals surface area contributed by atoms with Crippen LogP contribution in [0.5, 0.6) is 5.75 Å². The maximum atomic E-state index is 13.2. The smallest absolute Gasteiger partial charge is 0.260 e. The monoisotopic (exact) mass is 351 g/mol. The summed E-state index contributed by atoms with van der Waals surface area (Å²) in [5, 5.41) is 0.743. The third kappa shape index (κ3) is 3.35. The average Bonchev–Trinajstić information content (AvgIpc) is 3.21. The highest BCUT2D eigenvalue weighted by molar-refractivity contribution is 5.87. The van der Waals surface area contributed by atoms with Gasteiger partial charge >= 0.3 is 0 Å². The van der Waals surface area contributed by atoms with Gasteiger partial charge in [0.15, 0.2) is 6.61 Å². The van der Waals surface area contributed by atoms with Gasteiger partial charge in [0.2, 0.25) is 0 Å². The molecule has 0 spiro atoms. The van der Waals surface area contributed by atoms with Crippen molar-refractivity contribution in [2.75, 3.05) is 19.7 Å². The number of aromatic nitrogens is 2. The first kappa shape index (κ1) is 16.4. The second-order valence-corrected chi connectivity index (χ2v) is 6.28. The molecule has 0 radical (unpaired) electrons. The number of hydrogen-bond acceptors (Lipinski definition) is 4. The Bertz CT molecular complexity index is 937. The Labute approximate surface area is 150 Å². The molecule has 0 aliphatic carbocycles. The fourth-order valence-electron chi connectivity index (χ4n) is 3.12. The van der Waals surface area contributed by atoms with E-state index < -0.39 is 0 Å². The van der Waals surface area contributed by atoms with Crippen LogP contribution in [0.3, 0.4) is 0 Å². The Hall–Kier alpha value is -3.02. The minimum Gasteiger partial charge on any atom is -0.483 e. The van der Waals surface area contributed by atoms with E-state index in [2.05, 4.69) is 9.97 Å². The number of carbonyl (C=O) groups excluding carboxylic acids is 1. The van der Waals surface area contributed by atoms with Gasteiger partial charge in [-0.1, -0.05) is 0 Å². The zero-order chi connectivity index (χ0) is 17.9. The molecule has 1 aliphatic rings. The molecule has 0 saturated carbocycles. The minimum absolute atomic E-state index is 0.0142. The first-order valence-electron chi connectivity index (χ1n) is 8.62. The first-order chi connectivity index (χ1) is 12.7. The van der Waals surface area contributed by atoms with Crippen LogP contribution in [-0.2, 0) is 4.79 Å². The number of nitrogens with zero attached hydrogens (tertiary/aromatic N) is 3.